The summed E-state index contributed by atoms with van der Waals surface area (Å²) in [6.45, 7) is 3.27. The Labute approximate surface area is 143 Å². The zero-order valence-corrected chi connectivity index (χ0v) is 14.6. The molecule has 2 aromatic heterocycles. The summed E-state index contributed by atoms with van der Waals surface area (Å²) in [6, 6.07) is 5.38. The molecule has 0 aliphatic carbocycles. The Morgan fingerprint density at radius 3 is 2.74 bits per heavy atom. The van der Waals surface area contributed by atoms with E-state index in [1.54, 1.807) is 12.1 Å². The van der Waals surface area contributed by atoms with Crippen molar-refractivity contribution in [3.63, 3.8) is 0 Å². The average Bonchev–Trinajstić information content (AvgIpc) is 3.01. The van der Waals surface area contributed by atoms with Crippen molar-refractivity contribution in [3.05, 3.63) is 34.1 Å². The molecule has 0 bridgehead atoms. The summed E-state index contributed by atoms with van der Waals surface area (Å²) in [5.74, 6) is -0.483. The Bertz CT molecular complexity index is 917. The van der Waals surface area contributed by atoms with Crippen LogP contribution in [0.4, 0.5) is 10.8 Å². The van der Waals surface area contributed by atoms with Gasteiger partial charge in [-0.3, -0.25) is 20.0 Å². The van der Waals surface area contributed by atoms with Gasteiger partial charge in [0.25, 0.3) is 5.91 Å². The Kier molecular flexibility index (Phi) is 4.14. The second-order valence-corrected chi connectivity index (χ2v) is 6.67. The first-order valence-electron chi connectivity index (χ1n) is 6.64. The Morgan fingerprint density at radius 1 is 1.30 bits per heavy atom. The van der Waals surface area contributed by atoms with Gasteiger partial charge in [-0.1, -0.05) is 11.3 Å². The molecule has 3 N–H and O–H groups in total. The molecule has 0 atom stereocenters. The number of carbonyl (C=O) groups excluding carboxylic acids is 2. The van der Waals surface area contributed by atoms with E-state index >= 15 is 0 Å². The number of aromatic amines is 1. The number of hydrogen-bond acceptors (Lipinski definition) is 5. The number of benzene rings is 1. The Hall–Kier alpha value is -2.26. The molecule has 3 rings (SSSR count). The SMILES string of the molecule is CC(=O)Nc1ccc2nc(NC(=O)c3n[nH]c(C)c3Br)sc2c1. The number of anilines is 2. The highest BCUT2D eigenvalue weighted by atomic mass is 79.9. The van der Waals surface area contributed by atoms with E-state index in [0.717, 1.165) is 15.9 Å². The Morgan fingerprint density at radius 2 is 2.09 bits per heavy atom. The van der Waals surface area contributed by atoms with Gasteiger partial charge in [0.1, 0.15) is 0 Å². The van der Waals surface area contributed by atoms with Crippen LogP contribution in [0.2, 0.25) is 0 Å². The van der Waals surface area contributed by atoms with Gasteiger partial charge in [0.05, 0.1) is 14.7 Å². The number of halogens is 1. The van der Waals surface area contributed by atoms with E-state index in [0.29, 0.717) is 15.3 Å². The highest BCUT2D eigenvalue weighted by Crippen LogP contribution is 2.29. The van der Waals surface area contributed by atoms with Gasteiger partial charge >= 0.3 is 0 Å². The second kappa shape index (κ2) is 6.09. The molecule has 2 heterocycles. The lowest BCUT2D eigenvalue weighted by Gasteiger charge is -1.99. The molecular weight excluding hydrogens is 382 g/mol. The minimum Gasteiger partial charge on any atom is -0.326 e. The number of nitrogens with one attached hydrogen (secondary N) is 3. The van der Waals surface area contributed by atoms with E-state index in [1.165, 1.54) is 18.3 Å². The van der Waals surface area contributed by atoms with E-state index in [-0.39, 0.29) is 17.5 Å². The summed E-state index contributed by atoms with van der Waals surface area (Å²) in [4.78, 5) is 27.7. The number of aryl methyl sites for hydroxylation is 1. The van der Waals surface area contributed by atoms with Crippen LogP contribution in [0.15, 0.2) is 22.7 Å². The monoisotopic (exact) mass is 393 g/mol. The fourth-order valence-electron chi connectivity index (χ4n) is 1.98. The van der Waals surface area contributed by atoms with Crippen molar-refractivity contribution < 1.29 is 9.59 Å². The molecule has 0 aliphatic rings. The van der Waals surface area contributed by atoms with Crippen molar-refractivity contribution in [2.75, 3.05) is 10.6 Å². The summed E-state index contributed by atoms with van der Waals surface area (Å²) in [6.07, 6.45) is 0. The van der Waals surface area contributed by atoms with Crippen LogP contribution in [-0.4, -0.2) is 27.0 Å². The van der Waals surface area contributed by atoms with Gasteiger partial charge < -0.3 is 5.32 Å². The third-order valence-corrected chi connectivity index (χ3v) is 4.92. The first-order valence-corrected chi connectivity index (χ1v) is 8.25. The molecule has 9 heteroatoms. The lowest BCUT2D eigenvalue weighted by molar-refractivity contribution is -0.114. The molecule has 0 radical (unpaired) electrons. The quantitative estimate of drug-likeness (QED) is 0.635. The molecule has 23 heavy (non-hydrogen) atoms. The van der Waals surface area contributed by atoms with Crippen molar-refractivity contribution >= 4 is 60.1 Å². The molecule has 3 aromatic rings. The molecule has 118 valence electrons. The number of rotatable bonds is 3. The minimum absolute atomic E-state index is 0.138. The number of carbonyl (C=O) groups is 2. The van der Waals surface area contributed by atoms with E-state index in [2.05, 4.69) is 41.7 Å². The molecule has 0 unspecified atom stereocenters. The van der Waals surface area contributed by atoms with Gasteiger partial charge in [-0.05, 0) is 41.1 Å². The van der Waals surface area contributed by atoms with Crippen LogP contribution < -0.4 is 10.6 Å². The lowest BCUT2D eigenvalue weighted by atomic mass is 10.3. The van der Waals surface area contributed by atoms with Crippen LogP contribution in [-0.2, 0) is 4.79 Å². The van der Waals surface area contributed by atoms with Crippen molar-refractivity contribution in [1.29, 1.82) is 0 Å². The first-order chi connectivity index (χ1) is 10.9. The van der Waals surface area contributed by atoms with Crippen LogP contribution in [0.25, 0.3) is 10.2 Å². The summed E-state index contributed by atoms with van der Waals surface area (Å²) >= 11 is 4.65. The van der Waals surface area contributed by atoms with Crippen LogP contribution in [0.1, 0.15) is 23.1 Å². The number of H-pyrrole nitrogens is 1. The number of hydrogen-bond donors (Lipinski definition) is 3. The summed E-state index contributed by atoms with van der Waals surface area (Å²) in [5.41, 5.74) is 2.49. The van der Waals surface area contributed by atoms with Gasteiger partial charge in [-0.15, -0.1) is 0 Å². The van der Waals surface area contributed by atoms with Crippen LogP contribution >= 0.6 is 27.3 Å². The maximum absolute atomic E-state index is 12.2. The molecule has 7 nitrogen and oxygen atoms in total. The summed E-state index contributed by atoms with van der Waals surface area (Å²) < 4.78 is 1.49. The molecule has 2 amide bonds. The van der Waals surface area contributed by atoms with Crippen molar-refractivity contribution in [1.82, 2.24) is 15.2 Å². The molecule has 0 aliphatic heterocycles. The molecule has 0 saturated heterocycles. The third kappa shape index (κ3) is 3.25. The predicted octanol–water partition coefficient (Wildman–Crippen LogP) is 3.30. The maximum atomic E-state index is 12.2. The Balaban J connectivity index is 1.84. The van der Waals surface area contributed by atoms with Crippen LogP contribution in [0.3, 0.4) is 0 Å². The van der Waals surface area contributed by atoms with Crippen molar-refractivity contribution in [2.24, 2.45) is 0 Å². The van der Waals surface area contributed by atoms with Gasteiger partial charge in [-0.2, -0.15) is 5.10 Å². The zero-order valence-electron chi connectivity index (χ0n) is 12.2. The maximum Gasteiger partial charge on any atom is 0.279 e. The lowest BCUT2D eigenvalue weighted by Crippen LogP contribution is -2.12. The van der Waals surface area contributed by atoms with Crippen LogP contribution in [0, 0.1) is 6.92 Å². The smallest absolute Gasteiger partial charge is 0.279 e. The number of thiazole rings is 1. The van der Waals surface area contributed by atoms with Gasteiger partial charge in [0.15, 0.2) is 10.8 Å². The zero-order chi connectivity index (χ0) is 16.6. The van der Waals surface area contributed by atoms with Crippen LogP contribution in [0.5, 0.6) is 0 Å². The van der Waals surface area contributed by atoms with Gasteiger partial charge in [0.2, 0.25) is 5.91 Å². The van der Waals surface area contributed by atoms with Gasteiger partial charge in [-0.25, -0.2) is 4.98 Å². The molecular formula is C14H12BrN5O2S. The average molecular weight is 394 g/mol. The highest BCUT2D eigenvalue weighted by Gasteiger charge is 2.17. The van der Waals surface area contributed by atoms with Gasteiger partial charge in [0, 0.05) is 18.3 Å². The second-order valence-electron chi connectivity index (χ2n) is 4.85. The summed E-state index contributed by atoms with van der Waals surface area (Å²) in [5, 5.41) is 12.6. The van der Waals surface area contributed by atoms with Crippen molar-refractivity contribution in [2.45, 2.75) is 13.8 Å². The fraction of sp³-hybridized carbons (Fsp3) is 0.143. The molecule has 0 spiro atoms. The standard InChI is InChI=1S/C14H12BrN5O2S/c1-6-11(15)12(20-19-6)13(22)18-14-17-9-4-3-8(16-7(2)21)5-10(9)23-14/h3-5H,1-2H3,(H,16,21)(H,19,20)(H,17,18,22). The number of amides is 2. The third-order valence-electron chi connectivity index (χ3n) is 3.02. The topological polar surface area (TPSA) is 99.8 Å². The number of fused-ring (bicyclic) bond motifs is 1. The normalized spacial score (nSPS) is 10.7. The number of aromatic nitrogens is 3. The van der Waals surface area contributed by atoms with Crippen molar-refractivity contribution in [3.8, 4) is 0 Å². The number of nitrogens with zero attached hydrogens (tertiary/aromatic N) is 2. The molecule has 1 aromatic carbocycles. The predicted molar refractivity (Wildman–Crippen MR) is 92.9 cm³/mol. The summed E-state index contributed by atoms with van der Waals surface area (Å²) in [7, 11) is 0. The molecule has 0 fully saturated rings. The molecule has 0 saturated carbocycles. The largest absolute Gasteiger partial charge is 0.326 e. The highest BCUT2D eigenvalue weighted by molar-refractivity contribution is 9.10. The van der Waals surface area contributed by atoms with E-state index in [4.69, 9.17) is 0 Å². The van der Waals surface area contributed by atoms with E-state index in [1.807, 2.05) is 13.0 Å². The minimum atomic E-state index is -0.345. The van der Waals surface area contributed by atoms with E-state index < -0.39 is 0 Å². The fourth-order valence-corrected chi connectivity index (χ4v) is 3.24. The first kappa shape index (κ1) is 15.6. The van der Waals surface area contributed by atoms with E-state index in [9.17, 15) is 9.59 Å².